The number of benzene rings is 2. The van der Waals surface area contributed by atoms with E-state index in [0.717, 1.165) is 0 Å². The summed E-state index contributed by atoms with van der Waals surface area (Å²) in [5.74, 6) is -11.1. The van der Waals surface area contributed by atoms with Crippen LogP contribution in [0.4, 0.5) is 22.0 Å². The molecule has 0 aliphatic heterocycles. The van der Waals surface area contributed by atoms with Gasteiger partial charge in [-0.15, -0.1) is 0 Å². The van der Waals surface area contributed by atoms with Crippen LogP contribution in [0.3, 0.4) is 0 Å². The second kappa shape index (κ2) is 6.31. The Kier molecular flexibility index (Phi) is 4.65. The number of halogens is 6. The molecule has 0 saturated heterocycles. The van der Waals surface area contributed by atoms with Crippen LogP contribution in [0.15, 0.2) is 24.3 Å². The molecule has 2 aromatic rings. The van der Waals surface area contributed by atoms with Crippen molar-refractivity contribution in [2.24, 2.45) is 0 Å². The number of carbonyl (C=O) groups is 1. The molecule has 0 aliphatic carbocycles. The van der Waals surface area contributed by atoms with E-state index in [4.69, 9.17) is 11.6 Å². The number of hydrogen-bond donors (Lipinski definition) is 1. The quantitative estimate of drug-likeness (QED) is 0.513. The van der Waals surface area contributed by atoms with Crippen LogP contribution in [0.2, 0.25) is 5.02 Å². The molecule has 0 aromatic heterocycles. The average molecular weight is 336 g/mol. The Labute approximate surface area is 126 Å². The van der Waals surface area contributed by atoms with E-state index >= 15 is 0 Å². The second-order valence-electron chi connectivity index (χ2n) is 4.24. The maximum atomic E-state index is 13.4. The third-order valence-electron chi connectivity index (χ3n) is 2.83. The Morgan fingerprint density at radius 2 is 1.32 bits per heavy atom. The van der Waals surface area contributed by atoms with E-state index in [1.54, 1.807) is 0 Å². The minimum absolute atomic E-state index is 0.119. The number of amides is 1. The van der Waals surface area contributed by atoms with Crippen LogP contribution in [0.25, 0.3) is 0 Å². The summed E-state index contributed by atoms with van der Waals surface area (Å²) in [5.41, 5.74) is -0.994. The van der Waals surface area contributed by atoms with Gasteiger partial charge in [0.1, 0.15) is 0 Å². The Bertz CT molecular complexity index is 704. The van der Waals surface area contributed by atoms with Gasteiger partial charge in [-0.25, -0.2) is 22.0 Å². The van der Waals surface area contributed by atoms with E-state index in [1.807, 2.05) is 0 Å². The summed E-state index contributed by atoms with van der Waals surface area (Å²) in [6.45, 7) is -0.854. The fourth-order valence-electron chi connectivity index (χ4n) is 1.68. The van der Waals surface area contributed by atoms with Crippen molar-refractivity contribution >= 4 is 17.5 Å². The number of carbonyl (C=O) groups excluding carboxylic acids is 1. The van der Waals surface area contributed by atoms with Gasteiger partial charge in [0.15, 0.2) is 23.3 Å². The number of hydrogen-bond acceptors (Lipinski definition) is 1. The Morgan fingerprint density at radius 1 is 0.864 bits per heavy atom. The Balaban J connectivity index is 2.22. The van der Waals surface area contributed by atoms with Gasteiger partial charge in [0.25, 0.3) is 5.91 Å². The number of rotatable bonds is 3. The molecule has 1 amide bonds. The SMILES string of the molecule is O=C(NCc1c(F)c(F)c(F)c(F)c1F)c1ccc(Cl)cc1. The van der Waals surface area contributed by atoms with Crippen LogP contribution in [0.5, 0.6) is 0 Å². The lowest BCUT2D eigenvalue weighted by atomic mass is 10.1. The molecule has 0 saturated carbocycles. The van der Waals surface area contributed by atoms with Crippen molar-refractivity contribution in [1.82, 2.24) is 5.32 Å². The molecule has 116 valence electrons. The van der Waals surface area contributed by atoms with Crippen molar-refractivity contribution in [3.8, 4) is 0 Å². The second-order valence-corrected chi connectivity index (χ2v) is 4.67. The third kappa shape index (κ3) is 3.04. The summed E-state index contributed by atoms with van der Waals surface area (Å²) >= 11 is 5.63. The maximum Gasteiger partial charge on any atom is 0.251 e. The molecule has 8 heteroatoms. The first-order valence-electron chi connectivity index (χ1n) is 5.87. The molecule has 1 N–H and O–H groups in total. The summed E-state index contributed by atoms with van der Waals surface area (Å²) in [7, 11) is 0. The van der Waals surface area contributed by atoms with Gasteiger partial charge in [-0.1, -0.05) is 11.6 Å². The molecule has 2 aromatic carbocycles. The summed E-state index contributed by atoms with van der Waals surface area (Å²) in [6.07, 6.45) is 0. The lowest BCUT2D eigenvalue weighted by molar-refractivity contribution is 0.0950. The zero-order valence-electron chi connectivity index (χ0n) is 10.7. The van der Waals surface area contributed by atoms with E-state index in [0.29, 0.717) is 5.02 Å². The highest BCUT2D eigenvalue weighted by molar-refractivity contribution is 6.30. The van der Waals surface area contributed by atoms with E-state index in [2.05, 4.69) is 5.32 Å². The average Bonchev–Trinajstić information content (AvgIpc) is 2.51. The van der Waals surface area contributed by atoms with Gasteiger partial charge in [-0.2, -0.15) is 0 Å². The minimum Gasteiger partial charge on any atom is -0.348 e. The highest BCUT2D eigenvalue weighted by Gasteiger charge is 2.25. The lowest BCUT2D eigenvalue weighted by Gasteiger charge is -2.09. The lowest BCUT2D eigenvalue weighted by Crippen LogP contribution is -2.25. The Morgan fingerprint density at radius 3 is 1.82 bits per heavy atom. The summed E-state index contributed by atoms with van der Waals surface area (Å²) < 4.78 is 65.7. The Hall–Kier alpha value is -2.15. The first kappa shape index (κ1) is 16.2. The molecule has 2 nitrogen and oxygen atoms in total. The molecule has 0 fully saturated rings. The molecular weight excluding hydrogens is 329 g/mol. The summed E-state index contributed by atoms with van der Waals surface area (Å²) in [6, 6.07) is 5.51. The van der Waals surface area contributed by atoms with Gasteiger partial charge < -0.3 is 5.32 Å². The van der Waals surface area contributed by atoms with E-state index in [1.165, 1.54) is 24.3 Å². The summed E-state index contributed by atoms with van der Waals surface area (Å²) in [5, 5.41) is 2.44. The normalized spacial score (nSPS) is 10.6. The van der Waals surface area contributed by atoms with Gasteiger partial charge in [-0.05, 0) is 24.3 Å². The van der Waals surface area contributed by atoms with E-state index < -0.39 is 47.1 Å². The van der Waals surface area contributed by atoms with Crippen LogP contribution in [-0.4, -0.2) is 5.91 Å². The van der Waals surface area contributed by atoms with Crippen molar-refractivity contribution < 1.29 is 26.7 Å². The largest absolute Gasteiger partial charge is 0.348 e. The highest BCUT2D eigenvalue weighted by Crippen LogP contribution is 2.23. The van der Waals surface area contributed by atoms with Crippen molar-refractivity contribution in [2.45, 2.75) is 6.54 Å². The molecule has 0 radical (unpaired) electrons. The van der Waals surface area contributed by atoms with Crippen LogP contribution in [0, 0.1) is 29.1 Å². The topological polar surface area (TPSA) is 29.1 Å². The van der Waals surface area contributed by atoms with Crippen molar-refractivity contribution in [2.75, 3.05) is 0 Å². The molecule has 22 heavy (non-hydrogen) atoms. The van der Waals surface area contributed by atoms with Crippen molar-refractivity contribution in [3.05, 3.63) is 69.5 Å². The van der Waals surface area contributed by atoms with Crippen LogP contribution >= 0.6 is 11.6 Å². The van der Waals surface area contributed by atoms with Gasteiger partial charge in [0.05, 0.1) is 0 Å². The van der Waals surface area contributed by atoms with Crippen LogP contribution in [0.1, 0.15) is 15.9 Å². The molecule has 0 atom stereocenters. The minimum atomic E-state index is -2.25. The third-order valence-corrected chi connectivity index (χ3v) is 3.08. The van der Waals surface area contributed by atoms with E-state index in [9.17, 15) is 26.7 Å². The maximum absolute atomic E-state index is 13.4. The summed E-state index contributed by atoms with van der Waals surface area (Å²) in [4.78, 5) is 11.7. The predicted octanol–water partition coefficient (Wildman–Crippen LogP) is 3.97. The fraction of sp³-hybridized carbons (Fsp3) is 0.0714. The first-order valence-corrected chi connectivity index (χ1v) is 6.24. The van der Waals surface area contributed by atoms with Gasteiger partial charge >= 0.3 is 0 Å². The molecule has 0 aliphatic rings. The smallest absolute Gasteiger partial charge is 0.251 e. The first-order chi connectivity index (χ1) is 10.3. The standard InChI is InChI=1S/C14H7ClF5NO/c15-7-3-1-6(2-4-7)14(22)21-5-8-9(16)11(18)13(20)12(19)10(8)17/h1-4H,5H2,(H,21,22). The molecule has 0 bridgehead atoms. The van der Waals surface area contributed by atoms with Gasteiger partial charge in [0, 0.05) is 22.7 Å². The zero-order chi connectivity index (χ0) is 16.4. The number of nitrogens with one attached hydrogen (secondary N) is 1. The molecule has 0 unspecified atom stereocenters. The molecular formula is C14H7ClF5NO. The fourth-order valence-corrected chi connectivity index (χ4v) is 1.80. The predicted molar refractivity (Wildman–Crippen MR) is 68.9 cm³/mol. The molecule has 0 heterocycles. The van der Waals surface area contributed by atoms with Crippen LogP contribution in [-0.2, 0) is 6.54 Å². The highest BCUT2D eigenvalue weighted by atomic mass is 35.5. The molecule has 2 rings (SSSR count). The van der Waals surface area contributed by atoms with Crippen LogP contribution < -0.4 is 5.32 Å². The zero-order valence-corrected chi connectivity index (χ0v) is 11.4. The monoisotopic (exact) mass is 335 g/mol. The van der Waals surface area contributed by atoms with Gasteiger partial charge in [0.2, 0.25) is 5.82 Å². The van der Waals surface area contributed by atoms with E-state index in [-0.39, 0.29) is 5.56 Å². The van der Waals surface area contributed by atoms with Crippen molar-refractivity contribution in [1.29, 1.82) is 0 Å². The van der Waals surface area contributed by atoms with Crippen molar-refractivity contribution in [3.63, 3.8) is 0 Å². The van der Waals surface area contributed by atoms with Gasteiger partial charge in [-0.3, -0.25) is 4.79 Å². The molecule has 0 spiro atoms.